The number of anilines is 1. The Morgan fingerprint density at radius 1 is 1.27 bits per heavy atom. The molecule has 1 amide bonds. The molecule has 2 N–H and O–H groups in total. The topological polar surface area (TPSA) is 69.6 Å². The van der Waals surface area contributed by atoms with E-state index >= 15 is 0 Å². The number of piperidine rings is 1. The van der Waals surface area contributed by atoms with E-state index in [9.17, 15) is 9.59 Å². The van der Waals surface area contributed by atoms with E-state index in [4.69, 9.17) is 5.11 Å². The number of carbonyl (C=O) groups is 2. The van der Waals surface area contributed by atoms with Gasteiger partial charge in [0.15, 0.2) is 0 Å². The molecule has 0 unspecified atom stereocenters. The van der Waals surface area contributed by atoms with Crippen LogP contribution in [0, 0.1) is 5.92 Å². The quantitative estimate of drug-likeness (QED) is 0.809. The van der Waals surface area contributed by atoms with Crippen molar-refractivity contribution < 1.29 is 14.7 Å². The van der Waals surface area contributed by atoms with Crippen molar-refractivity contribution in [1.82, 2.24) is 4.90 Å². The molecule has 1 aliphatic heterocycles. The Morgan fingerprint density at radius 3 is 2.59 bits per heavy atom. The molecule has 22 heavy (non-hydrogen) atoms. The maximum absolute atomic E-state index is 12.3. The molecule has 6 heteroatoms. The summed E-state index contributed by atoms with van der Waals surface area (Å²) in [5.41, 5.74) is 0.802. The second kappa shape index (κ2) is 8.29. The summed E-state index contributed by atoms with van der Waals surface area (Å²) in [6.07, 6.45) is 2.53. The molecule has 120 valence electrons. The Bertz CT molecular complexity index is 528. The number of rotatable bonds is 6. The molecule has 0 aliphatic carbocycles. The molecule has 0 bridgehead atoms. The molecule has 1 aliphatic rings. The summed E-state index contributed by atoms with van der Waals surface area (Å²) in [4.78, 5) is 25.1. The third-order valence-corrected chi connectivity index (χ3v) is 4.65. The van der Waals surface area contributed by atoms with E-state index in [0.717, 1.165) is 42.6 Å². The predicted molar refractivity (Wildman–Crippen MR) is 88.8 cm³/mol. The van der Waals surface area contributed by atoms with E-state index in [0.29, 0.717) is 6.42 Å². The van der Waals surface area contributed by atoms with Crippen molar-refractivity contribution in [3.63, 3.8) is 0 Å². The number of nitrogens with zero attached hydrogens (tertiary/aromatic N) is 1. The number of amides is 1. The molecule has 1 aromatic rings. The van der Waals surface area contributed by atoms with Crippen LogP contribution < -0.4 is 5.32 Å². The third kappa shape index (κ3) is 5.10. The molecule has 0 aromatic heterocycles. The Balaban J connectivity index is 1.75. The first kappa shape index (κ1) is 17.0. The minimum atomic E-state index is -0.747. The minimum Gasteiger partial charge on any atom is -0.481 e. The van der Waals surface area contributed by atoms with Crippen molar-refractivity contribution in [2.45, 2.75) is 25.7 Å². The van der Waals surface area contributed by atoms with E-state index in [1.54, 1.807) is 0 Å². The van der Waals surface area contributed by atoms with Gasteiger partial charge in [-0.3, -0.25) is 9.59 Å². The maximum atomic E-state index is 12.3. The molecule has 0 atom stereocenters. The van der Waals surface area contributed by atoms with Crippen LogP contribution in [0.2, 0.25) is 0 Å². The Morgan fingerprint density at radius 2 is 1.95 bits per heavy atom. The van der Waals surface area contributed by atoms with Gasteiger partial charge >= 0.3 is 5.97 Å². The summed E-state index contributed by atoms with van der Waals surface area (Å²) in [5, 5.41) is 11.6. The lowest BCUT2D eigenvalue weighted by molar-refractivity contribution is -0.137. The van der Waals surface area contributed by atoms with Gasteiger partial charge in [-0.05, 0) is 67.0 Å². The number of carboxylic acid groups (broad SMARTS) is 1. The summed E-state index contributed by atoms with van der Waals surface area (Å²) in [7, 11) is 0. The highest BCUT2D eigenvalue weighted by Gasteiger charge is 2.25. The molecule has 1 heterocycles. The van der Waals surface area contributed by atoms with Crippen molar-refractivity contribution in [2.24, 2.45) is 5.92 Å². The average Bonchev–Trinajstić information content (AvgIpc) is 2.50. The lowest BCUT2D eigenvalue weighted by Crippen LogP contribution is -2.38. The molecular formula is C16H21BrN2O3. The Labute approximate surface area is 138 Å². The lowest BCUT2D eigenvalue weighted by atomic mass is 9.95. The van der Waals surface area contributed by atoms with Crippen molar-refractivity contribution >= 4 is 33.5 Å². The zero-order valence-corrected chi connectivity index (χ0v) is 14.0. The fourth-order valence-electron chi connectivity index (χ4n) is 2.67. The normalized spacial score (nSPS) is 16.4. The zero-order valence-electron chi connectivity index (χ0n) is 12.4. The second-order valence-electron chi connectivity index (χ2n) is 5.58. The number of hydrogen-bond donors (Lipinski definition) is 2. The Hall–Kier alpha value is -1.40. The average molecular weight is 369 g/mol. The third-order valence-electron chi connectivity index (χ3n) is 3.96. The molecule has 1 aromatic carbocycles. The SMILES string of the molecule is O=C(O)CCCN1CCC(C(=O)Nc2ccccc2Br)CC1. The number of likely N-dealkylation sites (tertiary alicyclic amines) is 1. The van der Waals surface area contributed by atoms with E-state index in [-0.39, 0.29) is 18.2 Å². The van der Waals surface area contributed by atoms with Gasteiger partial charge in [0.05, 0.1) is 5.69 Å². The van der Waals surface area contributed by atoms with Crippen molar-refractivity contribution in [2.75, 3.05) is 25.0 Å². The van der Waals surface area contributed by atoms with Crippen LogP contribution in [0.4, 0.5) is 5.69 Å². The van der Waals surface area contributed by atoms with Crippen LogP contribution in [0.5, 0.6) is 0 Å². The largest absolute Gasteiger partial charge is 0.481 e. The van der Waals surface area contributed by atoms with Crippen LogP contribution in [-0.4, -0.2) is 41.5 Å². The zero-order chi connectivity index (χ0) is 15.9. The highest BCUT2D eigenvalue weighted by Crippen LogP contribution is 2.24. The fraction of sp³-hybridized carbons (Fsp3) is 0.500. The first-order chi connectivity index (χ1) is 10.6. The van der Waals surface area contributed by atoms with Gasteiger partial charge in [-0.25, -0.2) is 0 Å². The van der Waals surface area contributed by atoms with Gasteiger partial charge in [0.25, 0.3) is 0 Å². The number of halogens is 1. The lowest BCUT2D eigenvalue weighted by Gasteiger charge is -2.31. The van der Waals surface area contributed by atoms with Crippen molar-refractivity contribution in [3.05, 3.63) is 28.7 Å². The summed E-state index contributed by atoms with van der Waals surface area (Å²) in [6.45, 7) is 2.51. The number of nitrogens with one attached hydrogen (secondary N) is 1. The number of aliphatic carboxylic acids is 1. The van der Waals surface area contributed by atoms with Crippen LogP contribution in [0.15, 0.2) is 28.7 Å². The van der Waals surface area contributed by atoms with Crippen LogP contribution in [0.1, 0.15) is 25.7 Å². The van der Waals surface area contributed by atoms with Gasteiger partial charge in [0, 0.05) is 16.8 Å². The van der Waals surface area contributed by atoms with Gasteiger partial charge in [-0.2, -0.15) is 0 Å². The maximum Gasteiger partial charge on any atom is 0.303 e. The summed E-state index contributed by atoms with van der Waals surface area (Å²) < 4.78 is 0.884. The molecule has 0 spiro atoms. The summed E-state index contributed by atoms with van der Waals surface area (Å²) in [5.74, 6) is -0.650. The Kier molecular flexibility index (Phi) is 6.39. The van der Waals surface area contributed by atoms with E-state index < -0.39 is 5.97 Å². The number of carboxylic acids is 1. The number of para-hydroxylation sites is 1. The molecule has 1 saturated heterocycles. The smallest absolute Gasteiger partial charge is 0.303 e. The monoisotopic (exact) mass is 368 g/mol. The van der Waals surface area contributed by atoms with Gasteiger partial charge in [-0.15, -0.1) is 0 Å². The second-order valence-corrected chi connectivity index (χ2v) is 6.44. The van der Waals surface area contributed by atoms with Crippen LogP contribution in [0.3, 0.4) is 0 Å². The number of hydrogen-bond acceptors (Lipinski definition) is 3. The van der Waals surface area contributed by atoms with E-state index in [2.05, 4.69) is 26.1 Å². The first-order valence-corrected chi connectivity index (χ1v) is 8.35. The van der Waals surface area contributed by atoms with Gasteiger partial charge in [-0.1, -0.05) is 12.1 Å². The standard InChI is InChI=1S/C16H21BrN2O3/c17-13-4-1-2-5-14(13)18-16(22)12-7-10-19(11-8-12)9-3-6-15(20)21/h1-2,4-5,12H,3,6-11H2,(H,18,22)(H,20,21). The minimum absolute atomic E-state index is 0.0304. The van der Waals surface area contributed by atoms with Crippen LogP contribution in [0.25, 0.3) is 0 Å². The summed E-state index contributed by atoms with van der Waals surface area (Å²) in [6, 6.07) is 7.59. The first-order valence-electron chi connectivity index (χ1n) is 7.56. The van der Waals surface area contributed by atoms with Gasteiger partial charge < -0.3 is 15.3 Å². The van der Waals surface area contributed by atoms with E-state index in [1.807, 2.05) is 24.3 Å². The highest BCUT2D eigenvalue weighted by atomic mass is 79.9. The molecule has 5 nitrogen and oxygen atoms in total. The van der Waals surface area contributed by atoms with Crippen LogP contribution in [-0.2, 0) is 9.59 Å². The fourth-order valence-corrected chi connectivity index (χ4v) is 3.05. The van der Waals surface area contributed by atoms with E-state index in [1.165, 1.54) is 0 Å². The van der Waals surface area contributed by atoms with Gasteiger partial charge in [0.2, 0.25) is 5.91 Å². The summed E-state index contributed by atoms with van der Waals surface area (Å²) >= 11 is 3.43. The number of benzene rings is 1. The molecule has 2 rings (SSSR count). The van der Waals surface area contributed by atoms with Gasteiger partial charge in [0.1, 0.15) is 0 Å². The number of carbonyl (C=O) groups excluding carboxylic acids is 1. The van der Waals surface area contributed by atoms with Crippen LogP contribution >= 0.6 is 15.9 Å². The molecular weight excluding hydrogens is 348 g/mol. The molecule has 0 radical (unpaired) electrons. The highest BCUT2D eigenvalue weighted by molar-refractivity contribution is 9.10. The predicted octanol–water partition coefficient (Wildman–Crippen LogP) is 2.96. The van der Waals surface area contributed by atoms with Crippen molar-refractivity contribution in [3.8, 4) is 0 Å². The van der Waals surface area contributed by atoms with Crippen molar-refractivity contribution in [1.29, 1.82) is 0 Å². The molecule has 1 fully saturated rings. The molecule has 0 saturated carbocycles.